The Labute approximate surface area is 94.9 Å². The first kappa shape index (κ1) is 9.43. The number of nitrogens with one attached hydrogen (secondary N) is 1. The largest absolute Gasteiger partial charge is 0.457 e. The second-order valence-corrected chi connectivity index (χ2v) is 3.92. The molecule has 2 nitrogen and oxygen atoms in total. The molecule has 0 aromatic heterocycles. The molecule has 2 aromatic carbocycles. The molecule has 2 heteroatoms. The molecule has 2 aromatic rings. The minimum atomic E-state index is 0.852. The van der Waals surface area contributed by atoms with Gasteiger partial charge in [-0.3, -0.25) is 0 Å². The van der Waals surface area contributed by atoms with Gasteiger partial charge in [0.1, 0.15) is 11.5 Å². The van der Waals surface area contributed by atoms with E-state index >= 15 is 0 Å². The van der Waals surface area contributed by atoms with Crippen LogP contribution in [0, 0.1) is 0 Å². The summed E-state index contributed by atoms with van der Waals surface area (Å²) in [5.74, 6) is 1.89. The van der Waals surface area contributed by atoms with Gasteiger partial charge in [0.15, 0.2) is 0 Å². The Morgan fingerprint density at radius 3 is 1.81 bits per heavy atom. The van der Waals surface area contributed by atoms with Gasteiger partial charge in [-0.1, -0.05) is 36.4 Å². The molecule has 0 saturated heterocycles. The van der Waals surface area contributed by atoms with Gasteiger partial charge in [-0.15, -0.1) is 0 Å². The summed E-state index contributed by atoms with van der Waals surface area (Å²) >= 11 is 0. The lowest BCUT2D eigenvalue weighted by Crippen LogP contribution is -2.16. The van der Waals surface area contributed by atoms with Crippen LogP contribution >= 0.6 is 0 Å². The Hall–Kier alpha value is -1.80. The molecule has 0 atom stereocenters. The lowest BCUT2D eigenvalue weighted by Gasteiger charge is -2.18. The first-order chi connectivity index (χ1) is 7.93. The van der Waals surface area contributed by atoms with Crippen molar-refractivity contribution in [3.8, 4) is 11.5 Å². The normalized spacial score (nSPS) is 14.0. The van der Waals surface area contributed by atoms with E-state index < -0.39 is 0 Å². The van der Waals surface area contributed by atoms with Crippen molar-refractivity contribution in [2.24, 2.45) is 0 Å². The van der Waals surface area contributed by atoms with Crippen molar-refractivity contribution in [1.29, 1.82) is 0 Å². The molecular weight excluding hydrogens is 198 g/mol. The van der Waals surface area contributed by atoms with E-state index in [9.17, 15) is 0 Å². The minimum Gasteiger partial charge on any atom is -0.457 e. The fourth-order valence-corrected chi connectivity index (χ4v) is 1.95. The first-order valence-corrected chi connectivity index (χ1v) is 5.48. The zero-order chi connectivity index (χ0) is 10.8. The summed E-state index contributed by atoms with van der Waals surface area (Å²) in [4.78, 5) is 0. The van der Waals surface area contributed by atoms with E-state index in [1.165, 1.54) is 11.1 Å². The van der Waals surface area contributed by atoms with E-state index in [-0.39, 0.29) is 0 Å². The number of para-hydroxylation sites is 2. The van der Waals surface area contributed by atoms with Crippen LogP contribution in [0.3, 0.4) is 0 Å². The maximum Gasteiger partial charge on any atom is 0.131 e. The molecule has 0 saturated carbocycles. The summed E-state index contributed by atoms with van der Waals surface area (Å²) in [5.41, 5.74) is 2.41. The quantitative estimate of drug-likeness (QED) is 0.723. The molecule has 3 rings (SSSR count). The molecule has 0 amide bonds. The molecule has 16 heavy (non-hydrogen) atoms. The number of fused-ring (bicyclic) bond motifs is 2. The molecule has 80 valence electrons. The fraction of sp³-hybridized carbons (Fsp3) is 0.143. The third-order valence-corrected chi connectivity index (χ3v) is 2.80. The molecule has 0 fully saturated rings. The van der Waals surface area contributed by atoms with Crippen molar-refractivity contribution in [2.75, 3.05) is 0 Å². The Morgan fingerprint density at radius 2 is 1.25 bits per heavy atom. The predicted octanol–water partition coefficient (Wildman–Crippen LogP) is 3.08. The summed E-state index contributed by atoms with van der Waals surface area (Å²) in [6.45, 7) is 1.70. The molecule has 1 N–H and O–H groups in total. The van der Waals surface area contributed by atoms with Crippen LogP contribution in [0.5, 0.6) is 11.5 Å². The third-order valence-electron chi connectivity index (χ3n) is 2.80. The average Bonchev–Trinajstić information content (AvgIpc) is 2.29. The Morgan fingerprint density at radius 1 is 0.750 bits per heavy atom. The topological polar surface area (TPSA) is 21.3 Å². The summed E-state index contributed by atoms with van der Waals surface area (Å²) in [6, 6.07) is 16.3. The maximum atomic E-state index is 5.94. The third kappa shape index (κ3) is 1.68. The number of benzene rings is 2. The van der Waals surface area contributed by atoms with Crippen molar-refractivity contribution in [3.05, 3.63) is 59.7 Å². The molecule has 0 spiro atoms. The van der Waals surface area contributed by atoms with Gasteiger partial charge >= 0.3 is 0 Å². The van der Waals surface area contributed by atoms with Crippen LogP contribution in [0.25, 0.3) is 0 Å². The minimum absolute atomic E-state index is 0.852. The standard InChI is InChI=1S/C14H13NO/c1-3-7-13-11(5-1)9-15-10-12-6-2-4-8-14(12)16-13/h1-8,15H,9-10H2. The zero-order valence-electron chi connectivity index (χ0n) is 8.94. The smallest absolute Gasteiger partial charge is 0.131 e. The predicted molar refractivity (Wildman–Crippen MR) is 63.5 cm³/mol. The lowest BCUT2D eigenvalue weighted by molar-refractivity contribution is 0.453. The van der Waals surface area contributed by atoms with Gasteiger partial charge in [0, 0.05) is 24.2 Å². The number of hydrogen-bond donors (Lipinski definition) is 1. The molecule has 1 heterocycles. The number of hydrogen-bond acceptors (Lipinski definition) is 2. The number of rotatable bonds is 0. The van der Waals surface area contributed by atoms with Crippen LogP contribution < -0.4 is 10.1 Å². The molecule has 1 aliphatic rings. The fourth-order valence-electron chi connectivity index (χ4n) is 1.95. The van der Waals surface area contributed by atoms with Crippen LogP contribution in [0.2, 0.25) is 0 Å². The van der Waals surface area contributed by atoms with Crippen molar-refractivity contribution >= 4 is 0 Å². The highest BCUT2D eigenvalue weighted by Gasteiger charge is 2.10. The first-order valence-electron chi connectivity index (χ1n) is 5.48. The van der Waals surface area contributed by atoms with E-state index in [0.29, 0.717) is 0 Å². The van der Waals surface area contributed by atoms with Gasteiger partial charge in [-0.05, 0) is 12.1 Å². The van der Waals surface area contributed by atoms with Crippen molar-refractivity contribution < 1.29 is 4.74 Å². The van der Waals surface area contributed by atoms with Crippen LogP contribution in [-0.2, 0) is 13.1 Å². The summed E-state index contributed by atoms with van der Waals surface area (Å²) < 4.78 is 5.94. The van der Waals surface area contributed by atoms with Crippen molar-refractivity contribution in [3.63, 3.8) is 0 Å². The van der Waals surface area contributed by atoms with Crippen molar-refractivity contribution in [1.82, 2.24) is 5.32 Å². The lowest BCUT2D eigenvalue weighted by atomic mass is 10.1. The van der Waals surface area contributed by atoms with Gasteiger partial charge in [0.2, 0.25) is 0 Å². The zero-order valence-corrected chi connectivity index (χ0v) is 8.94. The summed E-state index contributed by atoms with van der Waals surface area (Å²) in [6.07, 6.45) is 0. The second kappa shape index (κ2) is 3.99. The van der Waals surface area contributed by atoms with Gasteiger partial charge in [0.25, 0.3) is 0 Å². The highest BCUT2D eigenvalue weighted by Crippen LogP contribution is 2.29. The van der Waals surface area contributed by atoms with Gasteiger partial charge in [0.05, 0.1) is 0 Å². The van der Waals surface area contributed by atoms with Gasteiger partial charge in [-0.2, -0.15) is 0 Å². The molecule has 0 unspecified atom stereocenters. The SMILES string of the molecule is c1ccc2c(c1)CNCc1ccccc1O2. The summed E-state index contributed by atoms with van der Waals surface area (Å²) in [7, 11) is 0. The van der Waals surface area contributed by atoms with E-state index in [1.807, 2.05) is 36.4 Å². The highest BCUT2D eigenvalue weighted by molar-refractivity contribution is 5.42. The van der Waals surface area contributed by atoms with Crippen LogP contribution in [0.4, 0.5) is 0 Å². The van der Waals surface area contributed by atoms with Crippen LogP contribution in [0.1, 0.15) is 11.1 Å². The molecule has 0 bridgehead atoms. The van der Waals surface area contributed by atoms with Crippen LogP contribution in [0.15, 0.2) is 48.5 Å². The second-order valence-electron chi connectivity index (χ2n) is 3.92. The van der Waals surface area contributed by atoms with Gasteiger partial charge in [-0.25, -0.2) is 0 Å². The average molecular weight is 211 g/mol. The van der Waals surface area contributed by atoms with Crippen molar-refractivity contribution in [2.45, 2.75) is 13.1 Å². The van der Waals surface area contributed by atoms with Crippen LogP contribution in [-0.4, -0.2) is 0 Å². The molecular formula is C14H13NO. The maximum absolute atomic E-state index is 5.94. The van der Waals surface area contributed by atoms with E-state index in [4.69, 9.17) is 4.74 Å². The Bertz CT molecular complexity index is 462. The van der Waals surface area contributed by atoms with E-state index in [2.05, 4.69) is 17.4 Å². The Balaban J connectivity index is 2.06. The monoisotopic (exact) mass is 211 g/mol. The molecule has 0 aliphatic carbocycles. The summed E-state index contributed by atoms with van der Waals surface area (Å²) in [5, 5.41) is 3.42. The molecule has 1 aliphatic heterocycles. The number of ether oxygens (including phenoxy) is 1. The highest BCUT2D eigenvalue weighted by atomic mass is 16.5. The Kier molecular flexibility index (Phi) is 2.35. The molecule has 0 radical (unpaired) electrons. The van der Waals surface area contributed by atoms with E-state index in [0.717, 1.165) is 24.6 Å². The van der Waals surface area contributed by atoms with E-state index in [1.54, 1.807) is 0 Å². The van der Waals surface area contributed by atoms with Gasteiger partial charge < -0.3 is 10.1 Å².